The second kappa shape index (κ2) is 9.79. The average molecular weight is 396 g/mol. The van der Waals surface area contributed by atoms with E-state index in [1.165, 1.54) is 22.3 Å². The summed E-state index contributed by atoms with van der Waals surface area (Å²) < 4.78 is 11.4. The van der Waals surface area contributed by atoms with Gasteiger partial charge < -0.3 is 20.1 Å². The lowest BCUT2D eigenvalue weighted by atomic mass is 9.73. The molecule has 1 aliphatic rings. The first kappa shape index (κ1) is 21.2. The molecular formula is C24H33N3O2. The van der Waals surface area contributed by atoms with Crippen molar-refractivity contribution in [3.8, 4) is 5.75 Å². The zero-order valence-corrected chi connectivity index (χ0v) is 18.0. The molecule has 156 valence electrons. The van der Waals surface area contributed by atoms with E-state index in [0.717, 1.165) is 50.9 Å². The number of nitrogens with one attached hydrogen (secondary N) is 2. The third-order valence-corrected chi connectivity index (χ3v) is 5.90. The molecule has 2 aromatic rings. The number of aliphatic imine (C=N–C) groups is 1. The van der Waals surface area contributed by atoms with Crippen molar-refractivity contribution in [1.82, 2.24) is 10.6 Å². The molecule has 1 saturated heterocycles. The van der Waals surface area contributed by atoms with Gasteiger partial charge in [-0.3, -0.25) is 4.99 Å². The highest BCUT2D eigenvalue weighted by Gasteiger charge is 2.37. The third kappa shape index (κ3) is 5.10. The topological polar surface area (TPSA) is 54.9 Å². The molecule has 0 unspecified atom stereocenters. The van der Waals surface area contributed by atoms with Crippen LogP contribution in [0.2, 0.25) is 0 Å². The monoisotopic (exact) mass is 395 g/mol. The lowest BCUT2D eigenvalue weighted by Gasteiger charge is -2.39. The van der Waals surface area contributed by atoms with E-state index < -0.39 is 0 Å². The fourth-order valence-electron chi connectivity index (χ4n) is 4.00. The Labute approximate surface area is 174 Å². The first-order valence-corrected chi connectivity index (χ1v) is 10.3. The third-order valence-electron chi connectivity index (χ3n) is 5.90. The summed E-state index contributed by atoms with van der Waals surface area (Å²) in [4.78, 5) is 4.43. The summed E-state index contributed by atoms with van der Waals surface area (Å²) in [6.45, 7) is 7.31. The van der Waals surface area contributed by atoms with E-state index in [4.69, 9.17) is 9.47 Å². The molecule has 1 heterocycles. The summed E-state index contributed by atoms with van der Waals surface area (Å²) in [6, 6.07) is 14.9. The molecule has 0 spiro atoms. The highest BCUT2D eigenvalue weighted by molar-refractivity contribution is 5.79. The van der Waals surface area contributed by atoms with Crippen molar-refractivity contribution in [2.45, 2.75) is 38.6 Å². The molecule has 5 nitrogen and oxygen atoms in total. The summed E-state index contributed by atoms with van der Waals surface area (Å²) >= 11 is 0. The second-order valence-electron chi connectivity index (χ2n) is 7.80. The summed E-state index contributed by atoms with van der Waals surface area (Å²) in [7, 11) is 3.56. The van der Waals surface area contributed by atoms with Crippen molar-refractivity contribution in [1.29, 1.82) is 0 Å². The molecule has 0 saturated carbocycles. The molecule has 1 fully saturated rings. The quantitative estimate of drug-likeness (QED) is 0.578. The van der Waals surface area contributed by atoms with Crippen molar-refractivity contribution >= 4 is 5.96 Å². The van der Waals surface area contributed by atoms with E-state index in [9.17, 15) is 0 Å². The van der Waals surface area contributed by atoms with Crippen molar-refractivity contribution < 1.29 is 9.47 Å². The maximum atomic E-state index is 5.72. The Morgan fingerprint density at radius 2 is 1.86 bits per heavy atom. The average Bonchev–Trinajstić information content (AvgIpc) is 2.75. The van der Waals surface area contributed by atoms with Crippen LogP contribution in [0.15, 0.2) is 47.5 Å². The van der Waals surface area contributed by atoms with E-state index >= 15 is 0 Å². The van der Waals surface area contributed by atoms with Crippen molar-refractivity contribution in [3.63, 3.8) is 0 Å². The van der Waals surface area contributed by atoms with E-state index in [1.54, 1.807) is 7.11 Å². The van der Waals surface area contributed by atoms with E-state index in [2.05, 4.69) is 71.9 Å². The lowest BCUT2D eigenvalue weighted by Crippen LogP contribution is -2.48. The van der Waals surface area contributed by atoms with E-state index in [-0.39, 0.29) is 5.41 Å². The van der Waals surface area contributed by atoms with Crippen LogP contribution in [0, 0.1) is 13.8 Å². The number of nitrogens with zero attached hydrogens (tertiary/aromatic N) is 1. The number of hydrogen-bond donors (Lipinski definition) is 2. The number of methoxy groups -OCH3 is 1. The smallest absolute Gasteiger partial charge is 0.191 e. The van der Waals surface area contributed by atoms with Gasteiger partial charge in [-0.1, -0.05) is 42.0 Å². The van der Waals surface area contributed by atoms with Gasteiger partial charge >= 0.3 is 0 Å². The Hall–Kier alpha value is -2.53. The van der Waals surface area contributed by atoms with E-state index in [1.807, 2.05) is 7.05 Å². The summed E-state index contributed by atoms with van der Waals surface area (Å²) in [5, 5.41) is 7.02. The normalized spacial score (nSPS) is 16.3. The zero-order valence-electron chi connectivity index (χ0n) is 18.0. The number of aryl methyl sites for hydroxylation is 2. The number of guanidine groups is 1. The first-order chi connectivity index (χ1) is 14.1. The Bertz CT molecular complexity index is 842. The Morgan fingerprint density at radius 1 is 1.10 bits per heavy atom. The highest BCUT2D eigenvalue weighted by atomic mass is 16.5. The van der Waals surface area contributed by atoms with Crippen LogP contribution in [0.3, 0.4) is 0 Å². The molecule has 0 aromatic heterocycles. The van der Waals surface area contributed by atoms with Crippen LogP contribution in [-0.4, -0.2) is 39.9 Å². The molecule has 0 radical (unpaired) electrons. The minimum Gasteiger partial charge on any atom is -0.496 e. The number of hydrogen-bond acceptors (Lipinski definition) is 3. The molecule has 0 bridgehead atoms. The van der Waals surface area contributed by atoms with Crippen LogP contribution >= 0.6 is 0 Å². The largest absolute Gasteiger partial charge is 0.496 e. The van der Waals surface area contributed by atoms with Gasteiger partial charge in [0.05, 0.1) is 7.11 Å². The maximum Gasteiger partial charge on any atom is 0.191 e. The number of benzene rings is 2. The van der Waals surface area contributed by atoms with Gasteiger partial charge in [0, 0.05) is 44.3 Å². The van der Waals surface area contributed by atoms with Crippen LogP contribution in [0.1, 0.15) is 35.1 Å². The summed E-state index contributed by atoms with van der Waals surface area (Å²) in [5.41, 5.74) is 5.01. The molecule has 2 N–H and O–H groups in total. The second-order valence-corrected chi connectivity index (χ2v) is 7.80. The molecule has 0 amide bonds. The van der Waals surface area contributed by atoms with Gasteiger partial charge in [0.2, 0.25) is 0 Å². The molecule has 2 aromatic carbocycles. The lowest BCUT2D eigenvalue weighted by molar-refractivity contribution is 0.0505. The molecule has 29 heavy (non-hydrogen) atoms. The Kier molecular flexibility index (Phi) is 7.15. The molecule has 1 aliphatic heterocycles. The van der Waals surface area contributed by atoms with Gasteiger partial charge in [0.25, 0.3) is 0 Å². The molecule has 3 rings (SSSR count). The number of ether oxygens (including phenoxy) is 2. The predicted octanol–water partition coefficient (Wildman–Crippen LogP) is 3.73. The SMILES string of the molecule is CN=C(NCc1ccccc1C)NCC1(c2cc(C)ccc2OC)CCOCC1. The molecule has 5 heteroatoms. The van der Waals surface area contributed by atoms with Crippen molar-refractivity contribution in [2.24, 2.45) is 4.99 Å². The molecule has 0 atom stereocenters. The fraction of sp³-hybridized carbons (Fsp3) is 0.458. The predicted molar refractivity (Wildman–Crippen MR) is 119 cm³/mol. The Balaban J connectivity index is 1.75. The first-order valence-electron chi connectivity index (χ1n) is 10.3. The minimum absolute atomic E-state index is 0.0457. The standard InChI is InChI=1S/C24H33N3O2/c1-18-9-10-22(28-4)21(15-18)24(11-13-29-14-12-24)17-27-23(25-3)26-16-20-8-6-5-7-19(20)2/h5-10,15H,11-14,16-17H2,1-4H3,(H2,25,26,27). The summed E-state index contributed by atoms with van der Waals surface area (Å²) in [5.74, 6) is 1.76. The Morgan fingerprint density at radius 3 is 2.55 bits per heavy atom. The molecular weight excluding hydrogens is 362 g/mol. The van der Waals surface area contributed by atoms with Gasteiger partial charge in [-0.25, -0.2) is 0 Å². The van der Waals surface area contributed by atoms with Gasteiger partial charge in [-0.15, -0.1) is 0 Å². The number of rotatable bonds is 6. The van der Waals surface area contributed by atoms with Crippen LogP contribution in [0.5, 0.6) is 5.75 Å². The van der Waals surface area contributed by atoms with Crippen LogP contribution < -0.4 is 15.4 Å². The highest BCUT2D eigenvalue weighted by Crippen LogP contribution is 2.40. The van der Waals surface area contributed by atoms with Crippen LogP contribution in [0.25, 0.3) is 0 Å². The van der Waals surface area contributed by atoms with Crippen molar-refractivity contribution in [2.75, 3.05) is 33.9 Å². The molecule has 0 aliphatic carbocycles. The zero-order chi connectivity index (χ0) is 20.7. The van der Waals surface area contributed by atoms with Crippen LogP contribution in [-0.2, 0) is 16.7 Å². The fourth-order valence-corrected chi connectivity index (χ4v) is 4.00. The van der Waals surface area contributed by atoms with Gasteiger partial charge in [-0.2, -0.15) is 0 Å². The van der Waals surface area contributed by atoms with E-state index in [0.29, 0.717) is 0 Å². The summed E-state index contributed by atoms with van der Waals surface area (Å²) in [6.07, 6.45) is 1.91. The maximum absolute atomic E-state index is 5.72. The van der Waals surface area contributed by atoms with Gasteiger partial charge in [0.15, 0.2) is 5.96 Å². The van der Waals surface area contributed by atoms with Crippen molar-refractivity contribution in [3.05, 3.63) is 64.7 Å². The van der Waals surface area contributed by atoms with Crippen LogP contribution in [0.4, 0.5) is 0 Å². The van der Waals surface area contributed by atoms with Gasteiger partial charge in [-0.05, 0) is 43.9 Å². The minimum atomic E-state index is -0.0457. The van der Waals surface area contributed by atoms with Gasteiger partial charge in [0.1, 0.15) is 5.75 Å².